The second kappa shape index (κ2) is 14.1. The van der Waals surface area contributed by atoms with Crippen LogP contribution in [0.1, 0.15) is 11.1 Å². The largest absolute Gasteiger partial charge is 0.508 e. The van der Waals surface area contributed by atoms with Crippen LogP contribution in [0.25, 0.3) is 0 Å². The maximum atomic E-state index is 12.9. The van der Waals surface area contributed by atoms with Crippen LogP contribution in [0.4, 0.5) is 0 Å². The lowest BCUT2D eigenvalue weighted by Crippen LogP contribution is -2.58. The van der Waals surface area contributed by atoms with Crippen molar-refractivity contribution in [2.24, 2.45) is 5.73 Å². The Kier molecular flexibility index (Phi) is 11.2. The monoisotopic (exact) mass is 518 g/mol. The molecule has 2 aromatic rings. The minimum Gasteiger partial charge on any atom is -0.508 e. The maximum Gasteiger partial charge on any atom is 0.328 e. The smallest absolute Gasteiger partial charge is 0.328 e. The van der Waals surface area contributed by atoms with Gasteiger partial charge < -0.3 is 37.0 Å². The first kappa shape index (κ1) is 28.6. The van der Waals surface area contributed by atoms with Gasteiger partial charge in [0.15, 0.2) is 0 Å². The number of carboxylic acid groups (broad SMARTS) is 1. The summed E-state index contributed by atoms with van der Waals surface area (Å²) in [6, 6.07) is 10.1. The fourth-order valence-corrected chi connectivity index (χ4v) is 3.50. The van der Waals surface area contributed by atoms with Gasteiger partial charge in [-0.05, 0) is 29.7 Å². The van der Waals surface area contributed by atoms with Gasteiger partial charge in [0.25, 0.3) is 0 Å². The number of rotatable bonds is 13. The van der Waals surface area contributed by atoms with Gasteiger partial charge in [-0.15, -0.1) is 0 Å². The number of thiol groups is 1. The van der Waals surface area contributed by atoms with Crippen molar-refractivity contribution in [3.8, 4) is 5.75 Å². The molecule has 36 heavy (non-hydrogen) atoms. The quantitative estimate of drug-likeness (QED) is 0.154. The van der Waals surface area contributed by atoms with Crippen molar-refractivity contribution < 1.29 is 34.5 Å². The summed E-state index contributed by atoms with van der Waals surface area (Å²) in [5, 5.41) is 35.0. The number of aromatic hydroxyl groups is 1. The standard InChI is InChI=1S/C24H30N4O7S/c25-17(10-14-4-2-1-3-5-14)21(31)28-20(13-36)23(33)26-18(11-15-6-8-16(30)9-7-15)22(32)27-19(12-29)24(34)35/h1-9,17-20,29-30,36H,10-13,25H2,(H,26,33)(H,27,32)(H,28,31)(H,34,35). The Hall–Kier alpha value is -3.61. The number of benzene rings is 2. The Labute approximate surface area is 213 Å². The third-order valence-corrected chi connectivity index (χ3v) is 5.62. The zero-order valence-electron chi connectivity index (χ0n) is 19.3. The number of nitrogens with one attached hydrogen (secondary N) is 3. The zero-order chi connectivity index (χ0) is 26.7. The topological polar surface area (TPSA) is 191 Å². The van der Waals surface area contributed by atoms with E-state index in [0.29, 0.717) is 5.56 Å². The second-order valence-corrected chi connectivity index (χ2v) is 8.42. The number of carbonyl (C=O) groups excluding carboxylic acids is 3. The molecule has 0 radical (unpaired) electrons. The van der Waals surface area contributed by atoms with Crippen molar-refractivity contribution in [2.75, 3.05) is 12.4 Å². The van der Waals surface area contributed by atoms with E-state index in [1.54, 1.807) is 0 Å². The van der Waals surface area contributed by atoms with E-state index in [0.717, 1.165) is 5.56 Å². The first-order valence-electron chi connectivity index (χ1n) is 11.1. The van der Waals surface area contributed by atoms with E-state index in [2.05, 4.69) is 28.6 Å². The average Bonchev–Trinajstić information content (AvgIpc) is 2.86. The number of nitrogens with two attached hydrogens (primary N) is 1. The molecule has 4 atom stereocenters. The van der Waals surface area contributed by atoms with Gasteiger partial charge in [-0.1, -0.05) is 42.5 Å². The second-order valence-electron chi connectivity index (χ2n) is 8.05. The van der Waals surface area contributed by atoms with E-state index < -0.39 is 54.5 Å². The fraction of sp³-hybridized carbons (Fsp3) is 0.333. The summed E-state index contributed by atoms with van der Waals surface area (Å²) in [4.78, 5) is 49.5. The number of carboxylic acids is 1. The van der Waals surface area contributed by atoms with E-state index >= 15 is 0 Å². The highest BCUT2D eigenvalue weighted by Crippen LogP contribution is 2.12. The lowest BCUT2D eigenvalue weighted by atomic mass is 10.0. The minimum absolute atomic E-state index is 0.000277. The Morgan fingerprint density at radius 3 is 1.86 bits per heavy atom. The molecule has 0 spiro atoms. The van der Waals surface area contributed by atoms with Gasteiger partial charge in [-0.2, -0.15) is 12.6 Å². The number of aliphatic carboxylic acids is 1. The molecule has 11 nitrogen and oxygen atoms in total. The number of amides is 3. The van der Waals surface area contributed by atoms with Crippen LogP contribution in [-0.2, 0) is 32.0 Å². The molecule has 0 aromatic heterocycles. The highest BCUT2D eigenvalue weighted by atomic mass is 32.1. The minimum atomic E-state index is -1.58. The number of aliphatic hydroxyl groups excluding tert-OH is 1. The number of hydrogen-bond donors (Lipinski definition) is 8. The molecular formula is C24H30N4O7S. The van der Waals surface area contributed by atoms with Crippen LogP contribution in [0.2, 0.25) is 0 Å². The highest BCUT2D eigenvalue weighted by molar-refractivity contribution is 7.80. The molecule has 2 aromatic carbocycles. The van der Waals surface area contributed by atoms with E-state index in [9.17, 15) is 29.4 Å². The molecule has 0 aliphatic heterocycles. The SMILES string of the molecule is NC(Cc1ccccc1)C(=O)NC(CS)C(=O)NC(Cc1ccc(O)cc1)C(=O)NC(CO)C(=O)O. The predicted molar refractivity (Wildman–Crippen MR) is 134 cm³/mol. The molecule has 0 fully saturated rings. The first-order valence-corrected chi connectivity index (χ1v) is 11.7. The average molecular weight is 519 g/mol. The molecular weight excluding hydrogens is 488 g/mol. The third kappa shape index (κ3) is 8.87. The number of hydrogen-bond acceptors (Lipinski definition) is 8. The molecule has 0 heterocycles. The molecule has 0 saturated heterocycles. The molecule has 12 heteroatoms. The molecule has 2 rings (SSSR count). The predicted octanol–water partition coefficient (Wildman–Crippen LogP) is -1.03. The fourth-order valence-electron chi connectivity index (χ4n) is 3.24. The van der Waals surface area contributed by atoms with Crippen LogP contribution in [0, 0.1) is 0 Å². The Morgan fingerprint density at radius 1 is 0.778 bits per heavy atom. The molecule has 3 amide bonds. The summed E-state index contributed by atoms with van der Waals surface area (Å²) in [7, 11) is 0. The third-order valence-electron chi connectivity index (χ3n) is 5.26. The molecule has 194 valence electrons. The van der Waals surface area contributed by atoms with Crippen molar-refractivity contribution in [1.82, 2.24) is 16.0 Å². The van der Waals surface area contributed by atoms with Crippen LogP contribution in [0.15, 0.2) is 54.6 Å². The Balaban J connectivity index is 2.11. The molecule has 0 aliphatic rings. The Morgan fingerprint density at radius 2 is 1.31 bits per heavy atom. The molecule has 8 N–H and O–H groups in total. The van der Waals surface area contributed by atoms with Gasteiger partial charge in [0.2, 0.25) is 17.7 Å². The molecule has 0 saturated carbocycles. The van der Waals surface area contributed by atoms with Crippen molar-refractivity contribution >= 4 is 36.3 Å². The van der Waals surface area contributed by atoms with Crippen LogP contribution in [0.3, 0.4) is 0 Å². The van der Waals surface area contributed by atoms with Gasteiger partial charge in [0.05, 0.1) is 12.6 Å². The molecule has 4 unspecified atom stereocenters. The summed E-state index contributed by atoms with van der Waals surface area (Å²) in [5.41, 5.74) is 7.38. The lowest BCUT2D eigenvalue weighted by molar-refractivity contribution is -0.143. The molecule has 0 bridgehead atoms. The van der Waals surface area contributed by atoms with E-state index in [1.165, 1.54) is 24.3 Å². The zero-order valence-corrected chi connectivity index (χ0v) is 20.2. The van der Waals surface area contributed by atoms with Crippen molar-refractivity contribution in [3.63, 3.8) is 0 Å². The Bertz CT molecular complexity index is 1040. The van der Waals surface area contributed by atoms with E-state index in [4.69, 9.17) is 10.8 Å². The maximum absolute atomic E-state index is 12.9. The van der Waals surface area contributed by atoms with Crippen molar-refractivity contribution in [2.45, 2.75) is 37.0 Å². The summed E-state index contributed by atoms with van der Waals surface area (Å²) < 4.78 is 0. The molecule has 0 aliphatic carbocycles. The lowest BCUT2D eigenvalue weighted by Gasteiger charge is -2.24. The van der Waals surface area contributed by atoms with Crippen LogP contribution < -0.4 is 21.7 Å². The first-order chi connectivity index (χ1) is 17.1. The summed E-state index contributed by atoms with van der Waals surface area (Å²) in [6.45, 7) is -0.852. The van der Waals surface area contributed by atoms with Gasteiger partial charge in [-0.3, -0.25) is 14.4 Å². The van der Waals surface area contributed by atoms with Crippen molar-refractivity contribution in [3.05, 3.63) is 65.7 Å². The normalized spacial score (nSPS) is 14.1. The summed E-state index contributed by atoms with van der Waals surface area (Å²) in [5.74, 6) is -3.73. The van der Waals surface area contributed by atoms with Crippen molar-refractivity contribution in [1.29, 1.82) is 0 Å². The van der Waals surface area contributed by atoms with Gasteiger partial charge in [0, 0.05) is 12.2 Å². The van der Waals surface area contributed by atoms with Gasteiger partial charge in [0.1, 0.15) is 23.9 Å². The summed E-state index contributed by atoms with van der Waals surface area (Å²) in [6.07, 6.45) is 0.188. The van der Waals surface area contributed by atoms with Gasteiger partial charge >= 0.3 is 5.97 Å². The van der Waals surface area contributed by atoms with E-state index in [1.807, 2.05) is 30.3 Å². The number of phenols is 1. The van der Waals surface area contributed by atoms with Crippen LogP contribution in [-0.4, -0.2) is 75.5 Å². The number of phenolic OH excluding ortho intramolecular Hbond substituents is 1. The van der Waals surface area contributed by atoms with Crippen LogP contribution >= 0.6 is 12.6 Å². The van der Waals surface area contributed by atoms with E-state index in [-0.39, 0.29) is 24.3 Å². The number of aliphatic hydroxyl groups is 1. The van der Waals surface area contributed by atoms with Gasteiger partial charge in [-0.25, -0.2) is 4.79 Å². The highest BCUT2D eigenvalue weighted by Gasteiger charge is 2.30. The van der Waals surface area contributed by atoms with Crippen LogP contribution in [0.5, 0.6) is 5.75 Å². The number of carbonyl (C=O) groups is 4. The summed E-state index contributed by atoms with van der Waals surface area (Å²) >= 11 is 4.12.